The van der Waals surface area contributed by atoms with E-state index in [0.29, 0.717) is 22.5 Å². The third kappa shape index (κ3) is 5.43. The second-order valence-electron chi connectivity index (χ2n) is 8.68. The number of carbonyl (C=O) groups excluding carboxylic acids is 2. The highest BCUT2D eigenvalue weighted by atomic mass is 32.2. The van der Waals surface area contributed by atoms with Gasteiger partial charge in [-0.2, -0.15) is 0 Å². The van der Waals surface area contributed by atoms with Crippen molar-refractivity contribution >= 4 is 34.8 Å². The van der Waals surface area contributed by atoms with Crippen molar-refractivity contribution in [1.82, 2.24) is 20.1 Å². The van der Waals surface area contributed by atoms with E-state index in [9.17, 15) is 9.59 Å². The van der Waals surface area contributed by atoms with Crippen LogP contribution in [0.1, 0.15) is 59.9 Å². The summed E-state index contributed by atoms with van der Waals surface area (Å²) in [5, 5.41) is 8.21. The molecule has 0 unspecified atom stereocenters. The third-order valence-corrected chi connectivity index (χ3v) is 6.89. The van der Waals surface area contributed by atoms with E-state index < -0.39 is 5.41 Å². The zero-order valence-electron chi connectivity index (χ0n) is 17.9. The maximum absolute atomic E-state index is 12.7. The fourth-order valence-corrected chi connectivity index (χ4v) is 4.68. The molecule has 2 aromatic heterocycles. The van der Waals surface area contributed by atoms with Crippen LogP contribution in [0.5, 0.6) is 0 Å². The second-order valence-corrected chi connectivity index (χ2v) is 10.8. The Morgan fingerprint density at radius 3 is 2.58 bits per heavy atom. The zero-order valence-corrected chi connectivity index (χ0v) is 19.6. The Kier molecular flexibility index (Phi) is 6.29. The first-order valence-electron chi connectivity index (χ1n) is 10.4. The smallest absolute Gasteiger partial charge is 0.225 e. The number of benzene rings is 1. The van der Waals surface area contributed by atoms with E-state index in [1.54, 1.807) is 0 Å². The summed E-state index contributed by atoms with van der Waals surface area (Å²) in [5.74, 6) is 1.77. The number of amides is 1. The van der Waals surface area contributed by atoms with Crippen molar-refractivity contribution in [2.45, 2.75) is 51.2 Å². The minimum Gasteiger partial charge on any atom is -0.351 e. The Bertz CT molecular complexity index is 1080. The Labute approximate surface area is 190 Å². The first kappa shape index (κ1) is 21.8. The Morgan fingerprint density at radius 2 is 1.90 bits per heavy atom. The molecule has 0 atom stereocenters. The quantitative estimate of drug-likeness (QED) is 0.389. The normalized spacial score (nSPS) is 13.9. The van der Waals surface area contributed by atoms with Gasteiger partial charge in [0, 0.05) is 16.2 Å². The van der Waals surface area contributed by atoms with Gasteiger partial charge in [-0.05, 0) is 37.1 Å². The number of carbonyl (C=O) groups is 2. The molecule has 4 rings (SSSR count). The molecule has 1 aliphatic carbocycles. The molecule has 1 aliphatic rings. The van der Waals surface area contributed by atoms with Crippen LogP contribution in [-0.2, 0) is 11.3 Å². The highest BCUT2D eigenvalue weighted by Gasteiger charge is 2.30. The molecule has 162 valence electrons. The molecule has 0 spiro atoms. The molecule has 0 bridgehead atoms. The Balaban J connectivity index is 1.37. The van der Waals surface area contributed by atoms with Gasteiger partial charge in [-0.15, -0.1) is 16.4 Å². The van der Waals surface area contributed by atoms with Crippen molar-refractivity contribution in [1.29, 1.82) is 0 Å². The standard InChI is InChI=1S/C23H26N4O2S2/c1-23(2,3)21(29)24-13-17-11-12-19(31-17)18(28)14-30-22-25-20(15-9-10-15)27(26-22)16-7-5-4-6-8-16/h4-8,11-12,15H,9-10,13-14H2,1-3H3,(H,24,29). The molecule has 2 heterocycles. The van der Waals surface area contributed by atoms with Gasteiger partial charge in [-0.25, -0.2) is 9.67 Å². The fourth-order valence-electron chi connectivity index (χ4n) is 2.99. The summed E-state index contributed by atoms with van der Waals surface area (Å²) >= 11 is 2.80. The molecular formula is C23H26N4O2S2. The number of nitrogens with one attached hydrogen (secondary N) is 1. The molecule has 1 amide bonds. The predicted octanol–water partition coefficient (Wildman–Crippen LogP) is 4.84. The number of Topliss-reactive ketones (excluding diaryl/α,β-unsaturated/α-hetero) is 1. The molecule has 0 radical (unpaired) electrons. The summed E-state index contributed by atoms with van der Waals surface area (Å²) in [7, 11) is 0. The van der Waals surface area contributed by atoms with Crippen molar-refractivity contribution in [3.8, 4) is 5.69 Å². The topological polar surface area (TPSA) is 76.9 Å². The molecule has 0 saturated heterocycles. The van der Waals surface area contributed by atoms with Crippen molar-refractivity contribution in [3.05, 3.63) is 58.0 Å². The van der Waals surface area contributed by atoms with Crippen LogP contribution in [0, 0.1) is 5.41 Å². The van der Waals surface area contributed by atoms with Crippen molar-refractivity contribution < 1.29 is 9.59 Å². The number of thiophene rings is 1. The number of thioether (sulfide) groups is 1. The lowest BCUT2D eigenvalue weighted by Crippen LogP contribution is -2.34. The van der Waals surface area contributed by atoms with Crippen LogP contribution < -0.4 is 5.32 Å². The van der Waals surface area contributed by atoms with Crippen molar-refractivity contribution in [2.75, 3.05) is 5.75 Å². The van der Waals surface area contributed by atoms with Gasteiger partial charge in [0.15, 0.2) is 5.78 Å². The number of nitrogens with zero attached hydrogens (tertiary/aromatic N) is 3. The summed E-state index contributed by atoms with van der Waals surface area (Å²) in [6, 6.07) is 13.7. The molecule has 1 N–H and O–H groups in total. The average Bonchev–Trinajstić information content (AvgIpc) is 3.33. The first-order valence-corrected chi connectivity index (χ1v) is 12.2. The molecule has 1 aromatic carbocycles. The van der Waals surface area contributed by atoms with E-state index in [1.165, 1.54) is 23.1 Å². The van der Waals surface area contributed by atoms with E-state index in [1.807, 2.05) is 67.9 Å². The van der Waals surface area contributed by atoms with Crippen LogP contribution >= 0.6 is 23.1 Å². The van der Waals surface area contributed by atoms with Crippen LogP contribution in [0.15, 0.2) is 47.6 Å². The molecule has 31 heavy (non-hydrogen) atoms. The zero-order chi connectivity index (χ0) is 22.0. The van der Waals surface area contributed by atoms with Crippen LogP contribution in [0.25, 0.3) is 5.69 Å². The minimum absolute atomic E-state index is 0.00382. The molecule has 6 nitrogen and oxygen atoms in total. The molecule has 1 saturated carbocycles. The van der Waals surface area contributed by atoms with Gasteiger partial charge in [0.25, 0.3) is 0 Å². The second kappa shape index (κ2) is 8.96. The van der Waals surface area contributed by atoms with Gasteiger partial charge in [-0.3, -0.25) is 9.59 Å². The van der Waals surface area contributed by atoms with E-state index in [4.69, 9.17) is 4.98 Å². The van der Waals surface area contributed by atoms with E-state index >= 15 is 0 Å². The molecule has 8 heteroatoms. The SMILES string of the molecule is CC(C)(C)C(=O)NCc1ccc(C(=O)CSc2nc(C3CC3)n(-c3ccccc3)n2)s1. The number of hydrogen-bond donors (Lipinski definition) is 1. The Hall–Kier alpha value is -2.45. The molecule has 3 aromatic rings. The number of ketones is 1. The van der Waals surface area contributed by atoms with Gasteiger partial charge in [0.05, 0.1) is 22.9 Å². The number of para-hydroxylation sites is 1. The van der Waals surface area contributed by atoms with Crippen molar-refractivity contribution in [3.63, 3.8) is 0 Å². The molecule has 1 fully saturated rings. The van der Waals surface area contributed by atoms with Crippen LogP contribution in [-0.4, -0.2) is 32.2 Å². The lowest BCUT2D eigenvalue weighted by atomic mass is 9.96. The maximum atomic E-state index is 12.7. The van der Waals surface area contributed by atoms with Gasteiger partial charge < -0.3 is 5.32 Å². The third-order valence-electron chi connectivity index (χ3n) is 4.93. The number of rotatable bonds is 8. The van der Waals surface area contributed by atoms with Crippen LogP contribution in [0.4, 0.5) is 0 Å². The van der Waals surface area contributed by atoms with E-state index in [-0.39, 0.29) is 17.4 Å². The summed E-state index contributed by atoms with van der Waals surface area (Å²) in [6.45, 7) is 6.08. The largest absolute Gasteiger partial charge is 0.351 e. The number of hydrogen-bond acceptors (Lipinski definition) is 6. The van der Waals surface area contributed by atoms with Gasteiger partial charge in [-0.1, -0.05) is 50.7 Å². The lowest BCUT2D eigenvalue weighted by molar-refractivity contribution is -0.128. The van der Waals surface area contributed by atoms with Gasteiger partial charge >= 0.3 is 0 Å². The monoisotopic (exact) mass is 454 g/mol. The average molecular weight is 455 g/mol. The fraction of sp³-hybridized carbons (Fsp3) is 0.391. The highest BCUT2D eigenvalue weighted by molar-refractivity contribution is 7.99. The summed E-state index contributed by atoms with van der Waals surface area (Å²) < 4.78 is 1.91. The lowest BCUT2D eigenvalue weighted by Gasteiger charge is -2.17. The molecular weight excluding hydrogens is 428 g/mol. The van der Waals surface area contributed by atoms with Crippen LogP contribution in [0.2, 0.25) is 0 Å². The first-order chi connectivity index (χ1) is 14.8. The number of aromatic nitrogens is 3. The van der Waals surface area contributed by atoms with Gasteiger partial charge in [0.1, 0.15) is 5.82 Å². The maximum Gasteiger partial charge on any atom is 0.225 e. The summed E-state index contributed by atoms with van der Waals surface area (Å²) in [4.78, 5) is 31.1. The summed E-state index contributed by atoms with van der Waals surface area (Å²) in [6.07, 6.45) is 2.27. The van der Waals surface area contributed by atoms with E-state index in [0.717, 1.165) is 29.2 Å². The van der Waals surface area contributed by atoms with E-state index in [2.05, 4.69) is 10.4 Å². The predicted molar refractivity (Wildman–Crippen MR) is 124 cm³/mol. The van der Waals surface area contributed by atoms with Crippen LogP contribution in [0.3, 0.4) is 0 Å². The highest BCUT2D eigenvalue weighted by Crippen LogP contribution is 2.40. The Morgan fingerprint density at radius 1 is 1.16 bits per heavy atom. The summed E-state index contributed by atoms with van der Waals surface area (Å²) in [5.41, 5.74) is 0.567. The molecule has 0 aliphatic heterocycles. The minimum atomic E-state index is -0.429. The van der Waals surface area contributed by atoms with Gasteiger partial charge in [0.2, 0.25) is 11.1 Å². The van der Waals surface area contributed by atoms with Crippen molar-refractivity contribution in [2.24, 2.45) is 5.41 Å².